The minimum Gasteiger partial charge on any atom is -0.256 e. The Morgan fingerprint density at radius 2 is 1.67 bits per heavy atom. The van der Waals surface area contributed by atoms with Crippen LogP contribution in [0.15, 0.2) is 71.8 Å². The molecule has 2 nitrogen and oxygen atoms in total. The molecule has 1 unspecified atom stereocenters. The average Bonchev–Trinajstić information content (AvgIpc) is 3.09. The Kier molecular flexibility index (Phi) is 4.85. The zero-order chi connectivity index (χ0) is 19.0. The topological polar surface area (TPSA) is 15.6 Å². The quantitative estimate of drug-likeness (QED) is 0.480. The van der Waals surface area contributed by atoms with E-state index in [4.69, 9.17) is 23.2 Å². The third kappa shape index (κ3) is 3.55. The first-order valence-electron chi connectivity index (χ1n) is 8.35. The lowest BCUT2D eigenvalue weighted by Crippen LogP contribution is -2.19. The van der Waals surface area contributed by atoms with Crippen molar-refractivity contribution in [3.63, 3.8) is 0 Å². The van der Waals surface area contributed by atoms with Gasteiger partial charge in [0.25, 0.3) is 0 Å². The highest BCUT2D eigenvalue weighted by Gasteiger charge is 2.32. The van der Waals surface area contributed by atoms with Gasteiger partial charge in [0.2, 0.25) is 0 Å². The van der Waals surface area contributed by atoms with Crippen LogP contribution in [-0.4, -0.2) is 5.71 Å². The Morgan fingerprint density at radius 3 is 2.41 bits per heavy atom. The van der Waals surface area contributed by atoms with Crippen LogP contribution >= 0.6 is 23.2 Å². The fourth-order valence-corrected chi connectivity index (χ4v) is 3.57. The third-order valence-electron chi connectivity index (χ3n) is 4.50. The van der Waals surface area contributed by atoms with Crippen molar-refractivity contribution in [2.45, 2.75) is 12.5 Å². The van der Waals surface area contributed by atoms with Gasteiger partial charge in [-0.1, -0.05) is 53.5 Å². The van der Waals surface area contributed by atoms with Crippen LogP contribution in [0.4, 0.5) is 14.5 Å². The second-order valence-electron chi connectivity index (χ2n) is 6.24. The molecule has 1 aliphatic rings. The summed E-state index contributed by atoms with van der Waals surface area (Å²) in [5.41, 5.74) is 2.50. The van der Waals surface area contributed by atoms with Gasteiger partial charge in [0.1, 0.15) is 11.6 Å². The Morgan fingerprint density at radius 1 is 0.926 bits per heavy atom. The summed E-state index contributed by atoms with van der Waals surface area (Å²) in [5.74, 6) is -0.660. The van der Waals surface area contributed by atoms with Crippen LogP contribution in [0.1, 0.15) is 23.6 Å². The molecule has 136 valence electrons. The van der Waals surface area contributed by atoms with E-state index >= 15 is 0 Å². The van der Waals surface area contributed by atoms with Crippen molar-refractivity contribution in [1.82, 2.24) is 0 Å². The van der Waals surface area contributed by atoms with E-state index in [2.05, 4.69) is 5.10 Å². The fraction of sp³-hybridized carbons (Fsp3) is 0.0952. The molecule has 4 rings (SSSR count). The van der Waals surface area contributed by atoms with Crippen molar-refractivity contribution in [2.75, 3.05) is 5.01 Å². The van der Waals surface area contributed by atoms with E-state index in [0.29, 0.717) is 33.4 Å². The van der Waals surface area contributed by atoms with Crippen LogP contribution in [0.5, 0.6) is 0 Å². The number of hydrazone groups is 1. The molecular formula is C21H14Cl2F2N2. The van der Waals surface area contributed by atoms with E-state index < -0.39 is 0 Å². The number of hydrogen-bond acceptors (Lipinski definition) is 2. The Hall–Kier alpha value is -2.43. The summed E-state index contributed by atoms with van der Waals surface area (Å²) >= 11 is 12.5. The van der Waals surface area contributed by atoms with Gasteiger partial charge in [-0.3, -0.25) is 5.01 Å². The minimum absolute atomic E-state index is 0.254. The van der Waals surface area contributed by atoms with E-state index in [9.17, 15) is 8.78 Å². The van der Waals surface area contributed by atoms with Crippen molar-refractivity contribution in [2.24, 2.45) is 5.10 Å². The van der Waals surface area contributed by atoms with Gasteiger partial charge >= 0.3 is 0 Å². The predicted octanol–water partition coefficient (Wildman–Crippen LogP) is 6.63. The number of anilines is 1. The molecule has 0 radical (unpaired) electrons. The Bertz CT molecular complexity index is 1020. The molecule has 0 spiro atoms. The van der Waals surface area contributed by atoms with Crippen LogP contribution in [-0.2, 0) is 0 Å². The lowest BCUT2D eigenvalue weighted by molar-refractivity contribution is 0.623. The number of nitrogens with zero attached hydrogens (tertiary/aromatic N) is 2. The van der Waals surface area contributed by atoms with Crippen LogP contribution in [0.2, 0.25) is 10.0 Å². The molecule has 3 aromatic rings. The molecule has 1 aliphatic heterocycles. The van der Waals surface area contributed by atoms with Gasteiger partial charge in [0, 0.05) is 17.0 Å². The van der Waals surface area contributed by atoms with E-state index in [0.717, 1.165) is 5.56 Å². The monoisotopic (exact) mass is 402 g/mol. The summed E-state index contributed by atoms with van der Waals surface area (Å²) in [6.45, 7) is 0. The maximum absolute atomic E-state index is 14.3. The molecule has 3 aromatic carbocycles. The number of rotatable bonds is 3. The molecule has 1 heterocycles. The standard InChI is InChI=1S/C21H14Cl2F2N2/c22-14-7-10-17(23)21(11-14)27-20(13-5-8-15(24)9-6-13)12-19(26-27)16-3-1-2-4-18(16)25/h1-11,20H,12H2. The third-order valence-corrected chi connectivity index (χ3v) is 5.06. The van der Waals surface area contributed by atoms with Gasteiger partial charge in [-0.15, -0.1) is 0 Å². The van der Waals surface area contributed by atoms with E-state index in [1.165, 1.54) is 18.2 Å². The molecule has 0 saturated heterocycles. The van der Waals surface area contributed by atoms with Crippen LogP contribution in [0.25, 0.3) is 0 Å². The number of halogens is 4. The summed E-state index contributed by atoms with van der Waals surface area (Å²) in [5, 5.41) is 7.36. The molecule has 6 heteroatoms. The van der Waals surface area contributed by atoms with Crippen molar-refractivity contribution in [3.05, 3.63) is 99.5 Å². The Labute approximate surface area is 165 Å². The minimum atomic E-state index is -0.340. The molecular weight excluding hydrogens is 389 g/mol. The van der Waals surface area contributed by atoms with Crippen molar-refractivity contribution in [3.8, 4) is 0 Å². The summed E-state index contributed by atoms with van der Waals surface area (Å²) in [6, 6.07) is 17.5. The molecule has 0 fully saturated rings. The van der Waals surface area contributed by atoms with Gasteiger partial charge in [-0.2, -0.15) is 5.10 Å². The second kappa shape index (κ2) is 7.29. The van der Waals surface area contributed by atoms with Gasteiger partial charge in [0.15, 0.2) is 0 Å². The zero-order valence-electron chi connectivity index (χ0n) is 14.0. The van der Waals surface area contributed by atoms with E-state index in [-0.39, 0.29) is 17.7 Å². The fourth-order valence-electron chi connectivity index (χ4n) is 3.20. The zero-order valence-corrected chi connectivity index (χ0v) is 15.6. The maximum Gasteiger partial charge on any atom is 0.132 e. The smallest absolute Gasteiger partial charge is 0.132 e. The van der Waals surface area contributed by atoms with E-state index in [1.807, 2.05) is 0 Å². The first-order valence-corrected chi connectivity index (χ1v) is 9.10. The van der Waals surface area contributed by atoms with Crippen molar-refractivity contribution < 1.29 is 8.78 Å². The highest BCUT2D eigenvalue weighted by atomic mass is 35.5. The van der Waals surface area contributed by atoms with Crippen LogP contribution < -0.4 is 5.01 Å². The summed E-state index contributed by atoms with van der Waals surface area (Å²) in [6.07, 6.45) is 0.454. The summed E-state index contributed by atoms with van der Waals surface area (Å²) < 4.78 is 27.7. The molecule has 0 N–H and O–H groups in total. The SMILES string of the molecule is Fc1ccc(C2CC(c3ccccc3F)=NN2c2cc(Cl)ccc2Cl)cc1. The highest BCUT2D eigenvalue weighted by Crippen LogP contribution is 2.41. The number of hydrogen-bond donors (Lipinski definition) is 0. The molecule has 1 atom stereocenters. The second-order valence-corrected chi connectivity index (χ2v) is 7.08. The van der Waals surface area contributed by atoms with Crippen molar-refractivity contribution in [1.29, 1.82) is 0 Å². The average molecular weight is 403 g/mol. The molecule has 0 saturated carbocycles. The molecule has 27 heavy (non-hydrogen) atoms. The van der Waals surface area contributed by atoms with Gasteiger partial charge in [-0.25, -0.2) is 8.78 Å². The Balaban J connectivity index is 1.82. The van der Waals surface area contributed by atoms with E-state index in [1.54, 1.807) is 53.5 Å². The summed E-state index contributed by atoms with van der Waals surface area (Å²) in [7, 11) is 0. The van der Waals surface area contributed by atoms with Crippen LogP contribution in [0.3, 0.4) is 0 Å². The molecule has 0 amide bonds. The highest BCUT2D eigenvalue weighted by molar-refractivity contribution is 6.35. The molecule has 0 aliphatic carbocycles. The summed E-state index contributed by atoms with van der Waals surface area (Å²) in [4.78, 5) is 0. The van der Waals surface area contributed by atoms with Crippen LogP contribution in [0, 0.1) is 11.6 Å². The molecule has 0 aromatic heterocycles. The normalized spacial score (nSPS) is 16.5. The van der Waals surface area contributed by atoms with Crippen molar-refractivity contribution >= 4 is 34.6 Å². The maximum atomic E-state index is 14.3. The lowest BCUT2D eigenvalue weighted by Gasteiger charge is -2.25. The predicted molar refractivity (Wildman–Crippen MR) is 106 cm³/mol. The lowest BCUT2D eigenvalue weighted by atomic mass is 9.98. The van der Waals surface area contributed by atoms with Gasteiger partial charge in [-0.05, 0) is 42.0 Å². The van der Waals surface area contributed by atoms with Gasteiger partial charge in [0.05, 0.1) is 22.5 Å². The number of benzene rings is 3. The van der Waals surface area contributed by atoms with Gasteiger partial charge < -0.3 is 0 Å². The first-order chi connectivity index (χ1) is 13.0. The largest absolute Gasteiger partial charge is 0.256 e. The molecule has 0 bridgehead atoms. The first kappa shape index (κ1) is 18.0.